The Balaban J connectivity index is 2.22. The number of nitrogen functional groups attached to an aromatic ring is 1. The molecular formula is C53H75NO15. The number of carboxylic acids is 1. The molecule has 0 saturated carbocycles. The molecule has 2 rings (SSSR count). The quantitative estimate of drug-likeness (QED) is 0.0968. The van der Waals surface area contributed by atoms with Crippen LogP contribution in [0.5, 0.6) is 0 Å². The number of cyclic esters (lactones) is 1. The molecule has 11 N–H and O–H groups in total. The molecule has 0 spiro atoms. The third-order valence-corrected chi connectivity index (χ3v) is 11.8. The number of anilines is 1. The maximum absolute atomic E-state index is 13.3. The number of ketones is 3. The van der Waals surface area contributed by atoms with Crippen molar-refractivity contribution in [3.63, 3.8) is 0 Å². The molecule has 0 fully saturated rings. The number of hydrogen-bond donors (Lipinski definition) is 10. The fraction of sp³-hybridized carbons (Fsp3) is 0.528. The molecule has 16 heteroatoms. The molecule has 0 unspecified atom stereocenters. The molecule has 1 heterocycles. The topological polar surface area (TPSA) is 303 Å². The summed E-state index contributed by atoms with van der Waals surface area (Å²) in [6.45, 7) is 5.60. The van der Waals surface area contributed by atoms with E-state index < -0.39 is 97.8 Å². The Morgan fingerprint density at radius 2 is 1.19 bits per heavy atom. The van der Waals surface area contributed by atoms with Crippen LogP contribution in [0.1, 0.15) is 108 Å². The van der Waals surface area contributed by atoms with Gasteiger partial charge in [0.1, 0.15) is 23.6 Å². The molecule has 1 aromatic rings. The molecule has 0 bridgehead atoms. The minimum absolute atomic E-state index is 0.0453. The van der Waals surface area contributed by atoms with Gasteiger partial charge in [0, 0.05) is 55.7 Å². The predicted octanol–water partition coefficient (Wildman–Crippen LogP) is 4.59. The van der Waals surface area contributed by atoms with Gasteiger partial charge >= 0.3 is 11.9 Å². The second-order valence-electron chi connectivity index (χ2n) is 18.2. The van der Waals surface area contributed by atoms with Crippen molar-refractivity contribution in [2.75, 3.05) is 5.73 Å². The van der Waals surface area contributed by atoms with E-state index in [9.17, 15) is 69.9 Å². The lowest BCUT2D eigenvalue weighted by molar-refractivity contribution is -0.157. The van der Waals surface area contributed by atoms with Crippen molar-refractivity contribution < 1.29 is 74.7 Å². The lowest BCUT2D eigenvalue weighted by Crippen LogP contribution is -2.41. The Kier molecular flexibility index (Phi) is 28.3. The standard InChI is InChI=1S/C53H75NO15/c1-34-17-14-12-10-8-6-4-5-7-9-11-13-15-18-40(56)30-48(64)51(53(67)68)49(65)31-45(61)29-44(60)28-43(59)27-42(58)26-39(55)19-16-20-41(57)32-50(66)69-52(34)36(3)25-35(2)46(62)33-47(63)37-21-23-38(54)24-22-37/h4-15,17-18,21-24,34-36,40-44,46,48-49,51-52,56-60,62,64-65H,16,19-20,25-33,54H2,1-3H3,(H,67,68)/t34-,35+,36-,40+,41-,42+,43+,44+,46+,48-,49-,51+,52+/m0/s1. The van der Waals surface area contributed by atoms with Crippen molar-refractivity contribution in [2.24, 2.45) is 23.7 Å². The number of carboxylic acid groups (broad SMARTS) is 1. The summed E-state index contributed by atoms with van der Waals surface area (Å²) in [6, 6.07) is 6.46. The fourth-order valence-electron chi connectivity index (χ4n) is 8.03. The summed E-state index contributed by atoms with van der Waals surface area (Å²) in [5.41, 5.74) is 6.70. The number of allylic oxidation sites excluding steroid dienone is 12. The van der Waals surface area contributed by atoms with Crippen molar-refractivity contribution in [3.8, 4) is 0 Å². The van der Waals surface area contributed by atoms with Gasteiger partial charge in [-0.25, -0.2) is 0 Å². The van der Waals surface area contributed by atoms with Crippen LogP contribution >= 0.6 is 0 Å². The normalized spacial score (nSPS) is 29.1. The van der Waals surface area contributed by atoms with Crippen molar-refractivity contribution in [2.45, 2.75) is 153 Å². The largest absolute Gasteiger partial charge is 0.481 e. The van der Waals surface area contributed by atoms with E-state index in [2.05, 4.69) is 0 Å². The number of Topliss-reactive ketones (excluding diaryl/α,β-unsaturated/α-hetero) is 3. The second kappa shape index (κ2) is 32.6. The number of carbonyl (C=O) groups excluding carboxylic acids is 4. The summed E-state index contributed by atoms with van der Waals surface area (Å²) in [6.07, 6.45) is 9.62. The van der Waals surface area contributed by atoms with E-state index >= 15 is 0 Å². The third-order valence-electron chi connectivity index (χ3n) is 11.8. The summed E-state index contributed by atoms with van der Waals surface area (Å²) in [5, 5.41) is 94.2. The van der Waals surface area contributed by atoms with Gasteiger partial charge in [-0.1, -0.05) is 106 Å². The molecule has 16 nitrogen and oxygen atoms in total. The molecule has 0 amide bonds. The van der Waals surface area contributed by atoms with E-state index in [0.717, 1.165) is 0 Å². The molecule has 0 saturated heterocycles. The molecule has 0 aliphatic carbocycles. The lowest BCUT2D eigenvalue weighted by atomic mass is 9.83. The highest BCUT2D eigenvalue weighted by atomic mass is 16.5. The zero-order valence-electron chi connectivity index (χ0n) is 39.9. The number of benzene rings is 1. The average Bonchev–Trinajstić information content (AvgIpc) is 3.24. The van der Waals surface area contributed by atoms with Gasteiger partial charge < -0.3 is 56.4 Å². The lowest BCUT2D eigenvalue weighted by Gasteiger charge is -2.31. The average molecular weight is 966 g/mol. The third kappa shape index (κ3) is 25.3. The maximum atomic E-state index is 13.3. The molecule has 13 atom stereocenters. The van der Waals surface area contributed by atoms with Gasteiger partial charge in [-0.3, -0.25) is 24.0 Å². The van der Waals surface area contributed by atoms with E-state index in [-0.39, 0.29) is 80.7 Å². The number of rotatable bonds is 8. The molecule has 69 heavy (non-hydrogen) atoms. The van der Waals surface area contributed by atoms with Crippen molar-refractivity contribution in [3.05, 3.63) is 115 Å². The number of aliphatic carboxylic acids is 1. The maximum Gasteiger partial charge on any atom is 0.311 e. The van der Waals surface area contributed by atoms with Crippen LogP contribution in [0.2, 0.25) is 0 Å². The first kappa shape index (κ1) is 60.0. The van der Waals surface area contributed by atoms with Crippen molar-refractivity contribution in [1.82, 2.24) is 0 Å². The molecule has 1 aromatic carbocycles. The smallest absolute Gasteiger partial charge is 0.311 e. The van der Waals surface area contributed by atoms with Gasteiger partial charge in [0.05, 0.1) is 55.3 Å². The first-order valence-corrected chi connectivity index (χ1v) is 23.6. The Morgan fingerprint density at radius 3 is 1.74 bits per heavy atom. The Bertz CT molecular complexity index is 1950. The number of carbonyl (C=O) groups is 5. The number of nitrogens with two attached hydrogens (primary N) is 1. The van der Waals surface area contributed by atoms with Crippen molar-refractivity contribution in [1.29, 1.82) is 0 Å². The number of ether oxygens (including phenoxy) is 1. The van der Waals surface area contributed by atoms with Crippen LogP contribution in [-0.2, 0) is 23.9 Å². The molecule has 382 valence electrons. The van der Waals surface area contributed by atoms with Gasteiger partial charge in [-0.2, -0.15) is 0 Å². The molecule has 1 aliphatic heterocycles. The molecule has 0 aromatic heterocycles. The minimum Gasteiger partial charge on any atom is -0.481 e. The summed E-state index contributed by atoms with van der Waals surface area (Å²) >= 11 is 0. The van der Waals surface area contributed by atoms with E-state index in [4.69, 9.17) is 10.5 Å². The van der Waals surface area contributed by atoms with Crippen molar-refractivity contribution >= 4 is 35.0 Å². The Hall–Kier alpha value is -5.17. The van der Waals surface area contributed by atoms with Gasteiger partial charge in [-0.15, -0.1) is 0 Å². The summed E-state index contributed by atoms with van der Waals surface area (Å²) in [5.74, 6) is -6.40. The van der Waals surface area contributed by atoms with Gasteiger partial charge in [-0.05, 0) is 68.2 Å². The number of esters is 1. The summed E-state index contributed by atoms with van der Waals surface area (Å²) in [4.78, 5) is 63.3. The molecular weight excluding hydrogens is 891 g/mol. The van der Waals surface area contributed by atoms with Crippen LogP contribution in [-0.4, -0.2) is 130 Å². The first-order valence-electron chi connectivity index (χ1n) is 23.6. The second-order valence-corrected chi connectivity index (χ2v) is 18.2. The van der Waals surface area contributed by atoms with E-state index in [1.807, 2.05) is 32.9 Å². The van der Waals surface area contributed by atoms with Crippen LogP contribution in [0, 0.1) is 23.7 Å². The fourth-order valence-corrected chi connectivity index (χ4v) is 8.03. The van der Waals surface area contributed by atoms with Gasteiger partial charge in [0.25, 0.3) is 0 Å². The van der Waals surface area contributed by atoms with E-state index in [1.54, 1.807) is 85.0 Å². The van der Waals surface area contributed by atoms with Crippen LogP contribution in [0.25, 0.3) is 0 Å². The SMILES string of the molecule is C[C@H](C[C@H](C)[C@@H]1OC(=O)C[C@@H](O)CCCC(=O)C[C@@H](O)C[C@@H](O)C[C@@H](O)CC(=O)C[C@H](O)[C@H](C(=O)O)[C@@H](O)C[C@H](O)C=CC=CC=CC=CC=CC=CC=C[C@@H]1C)[C@H](O)CC(=O)c1ccc(N)cc1. The zero-order valence-corrected chi connectivity index (χ0v) is 39.9. The first-order chi connectivity index (χ1) is 32.7. The van der Waals surface area contributed by atoms with E-state index in [1.165, 1.54) is 12.2 Å². The van der Waals surface area contributed by atoms with E-state index in [0.29, 0.717) is 17.7 Å². The Labute approximate surface area is 405 Å². The van der Waals surface area contributed by atoms with Gasteiger partial charge in [0.2, 0.25) is 0 Å². The molecule has 1 aliphatic rings. The number of hydrogen-bond acceptors (Lipinski definition) is 15. The zero-order chi connectivity index (χ0) is 51.5. The number of aliphatic hydroxyl groups is 8. The predicted molar refractivity (Wildman–Crippen MR) is 261 cm³/mol. The van der Waals surface area contributed by atoms with Crippen LogP contribution in [0.4, 0.5) is 5.69 Å². The summed E-state index contributed by atoms with van der Waals surface area (Å²) < 4.78 is 5.98. The highest BCUT2D eigenvalue weighted by molar-refractivity contribution is 5.96. The highest BCUT2D eigenvalue weighted by Crippen LogP contribution is 2.28. The van der Waals surface area contributed by atoms with Crippen LogP contribution < -0.4 is 5.73 Å². The molecule has 0 radical (unpaired) electrons. The van der Waals surface area contributed by atoms with Gasteiger partial charge in [0.15, 0.2) is 5.78 Å². The minimum atomic E-state index is -1.85. The highest BCUT2D eigenvalue weighted by Gasteiger charge is 2.36. The van der Waals surface area contributed by atoms with Crippen LogP contribution in [0.15, 0.2) is 109 Å². The Morgan fingerprint density at radius 1 is 0.667 bits per heavy atom. The monoisotopic (exact) mass is 966 g/mol. The van der Waals surface area contributed by atoms with Crippen LogP contribution in [0.3, 0.4) is 0 Å². The number of aliphatic hydroxyl groups excluding tert-OH is 8. The summed E-state index contributed by atoms with van der Waals surface area (Å²) in [7, 11) is 0.